The molecule has 4 N–H and O–H groups in total. The monoisotopic (exact) mass is 243 g/mol. The van der Waals surface area contributed by atoms with Crippen LogP contribution in [0.1, 0.15) is 18.9 Å². The highest BCUT2D eigenvalue weighted by Gasteiger charge is 2.18. The molecule has 0 spiro atoms. The van der Waals surface area contributed by atoms with Crippen LogP contribution in [-0.4, -0.2) is 19.0 Å². The molecule has 1 amide bonds. The zero-order valence-electron chi connectivity index (χ0n) is 9.49. The number of carbonyl (C=O) groups excluding carboxylic acids is 1. The van der Waals surface area contributed by atoms with Gasteiger partial charge in [0.15, 0.2) is 0 Å². The van der Waals surface area contributed by atoms with Crippen LogP contribution in [0.5, 0.6) is 0 Å². The van der Waals surface area contributed by atoms with E-state index in [2.05, 4.69) is 0 Å². The fourth-order valence-electron chi connectivity index (χ4n) is 1.59. The Morgan fingerprint density at radius 2 is 2.12 bits per heavy atom. The summed E-state index contributed by atoms with van der Waals surface area (Å²) in [7, 11) is 0. The largest absolute Gasteiger partial charge is 0.399 e. The van der Waals surface area contributed by atoms with Crippen LogP contribution in [0.3, 0.4) is 0 Å². The van der Waals surface area contributed by atoms with E-state index in [1.54, 1.807) is 6.92 Å². The Morgan fingerprint density at radius 3 is 2.59 bits per heavy atom. The molecule has 0 fully saturated rings. The molecule has 0 atom stereocenters. The number of hydrogen-bond donors (Lipinski definition) is 2. The Hall–Kier alpha value is -1.85. The van der Waals surface area contributed by atoms with Gasteiger partial charge in [0, 0.05) is 23.5 Å². The lowest BCUT2D eigenvalue weighted by Gasteiger charge is -2.24. The van der Waals surface area contributed by atoms with Crippen molar-refractivity contribution in [3.05, 3.63) is 23.8 Å². The molecule has 0 radical (unpaired) electrons. The SMILES string of the molecule is CCN(CC(N)=O)c1ccc(N)cc1C(F)F. The quantitative estimate of drug-likeness (QED) is 0.770. The molecule has 0 aliphatic heterocycles. The second kappa shape index (κ2) is 5.47. The van der Waals surface area contributed by atoms with Crippen molar-refractivity contribution < 1.29 is 13.6 Å². The molecule has 0 bridgehead atoms. The van der Waals surface area contributed by atoms with E-state index >= 15 is 0 Å². The molecule has 1 rings (SSSR count). The minimum absolute atomic E-state index is 0.0971. The van der Waals surface area contributed by atoms with Crippen molar-refractivity contribution in [2.45, 2.75) is 13.3 Å². The molecule has 0 heterocycles. The van der Waals surface area contributed by atoms with Gasteiger partial charge in [-0.3, -0.25) is 4.79 Å². The maximum Gasteiger partial charge on any atom is 0.265 e. The first-order valence-corrected chi connectivity index (χ1v) is 5.16. The van der Waals surface area contributed by atoms with Crippen LogP contribution in [0.4, 0.5) is 20.2 Å². The van der Waals surface area contributed by atoms with Gasteiger partial charge in [0.1, 0.15) is 0 Å². The third kappa shape index (κ3) is 3.30. The van der Waals surface area contributed by atoms with Crippen molar-refractivity contribution in [2.75, 3.05) is 23.7 Å². The number of nitrogens with two attached hydrogens (primary N) is 2. The van der Waals surface area contributed by atoms with Gasteiger partial charge in [-0.15, -0.1) is 0 Å². The highest BCUT2D eigenvalue weighted by molar-refractivity contribution is 5.80. The summed E-state index contributed by atoms with van der Waals surface area (Å²) in [5.41, 5.74) is 10.9. The number of benzene rings is 1. The Labute approximate surface area is 98.2 Å². The molecular formula is C11H15F2N3O. The van der Waals surface area contributed by atoms with E-state index < -0.39 is 12.3 Å². The molecule has 0 aliphatic rings. The lowest BCUT2D eigenvalue weighted by atomic mass is 10.1. The summed E-state index contributed by atoms with van der Waals surface area (Å²) < 4.78 is 25.7. The molecule has 94 valence electrons. The maximum absolute atomic E-state index is 12.8. The van der Waals surface area contributed by atoms with Gasteiger partial charge < -0.3 is 16.4 Å². The van der Waals surface area contributed by atoms with Gasteiger partial charge in [0.05, 0.1) is 6.54 Å². The van der Waals surface area contributed by atoms with Crippen LogP contribution in [0.15, 0.2) is 18.2 Å². The van der Waals surface area contributed by atoms with Gasteiger partial charge in [-0.25, -0.2) is 8.78 Å². The minimum atomic E-state index is -2.64. The molecule has 0 aliphatic carbocycles. The van der Waals surface area contributed by atoms with E-state index in [0.29, 0.717) is 6.54 Å². The topological polar surface area (TPSA) is 72.3 Å². The van der Waals surface area contributed by atoms with E-state index in [4.69, 9.17) is 11.5 Å². The summed E-state index contributed by atoms with van der Waals surface area (Å²) in [6, 6.07) is 4.21. The van der Waals surface area contributed by atoms with Crippen molar-refractivity contribution in [3.8, 4) is 0 Å². The zero-order chi connectivity index (χ0) is 13.0. The zero-order valence-corrected chi connectivity index (χ0v) is 9.49. The number of amides is 1. The van der Waals surface area contributed by atoms with E-state index in [1.165, 1.54) is 23.1 Å². The Bertz CT molecular complexity index is 410. The third-order valence-corrected chi connectivity index (χ3v) is 2.36. The summed E-state index contributed by atoms with van der Waals surface area (Å²) in [4.78, 5) is 12.3. The molecular weight excluding hydrogens is 228 g/mol. The lowest BCUT2D eigenvalue weighted by Crippen LogP contribution is -2.34. The van der Waals surface area contributed by atoms with E-state index in [1.807, 2.05) is 0 Å². The molecule has 0 saturated carbocycles. The molecule has 0 aromatic heterocycles. The number of likely N-dealkylation sites (N-methyl/N-ethyl adjacent to an activating group) is 1. The second-order valence-corrected chi connectivity index (χ2v) is 3.60. The second-order valence-electron chi connectivity index (χ2n) is 3.60. The highest BCUT2D eigenvalue weighted by atomic mass is 19.3. The first kappa shape index (κ1) is 13.2. The van der Waals surface area contributed by atoms with E-state index in [0.717, 1.165) is 0 Å². The van der Waals surface area contributed by atoms with Crippen LogP contribution >= 0.6 is 0 Å². The van der Waals surface area contributed by atoms with Crippen molar-refractivity contribution >= 4 is 17.3 Å². The smallest absolute Gasteiger partial charge is 0.265 e. The highest BCUT2D eigenvalue weighted by Crippen LogP contribution is 2.31. The molecule has 0 saturated heterocycles. The van der Waals surface area contributed by atoms with Gasteiger partial charge >= 0.3 is 0 Å². The van der Waals surface area contributed by atoms with E-state index in [-0.39, 0.29) is 23.5 Å². The van der Waals surface area contributed by atoms with Gasteiger partial charge in [0.2, 0.25) is 5.91 Å². The normalized spacial score (nSPS) is 10.6. The number of hydrogen-bond acceptors (Lipinski definition) is 3. The van der Waals surface area contributed by atoms with Crippen LogP contribution in [0, 0.1) is 0 Å². The Kier molecular flexibility index (Phi) is 4.25. The van der Waals surface area contributed by atoms with Crippen molar-refractivity contribution in [1.29, 1.82) is 0 Å². The summed E-state index contributed by atoms with van der Waals surface area (Å²) in [5, 5.41) is 0. The van der Waals surface area contributed by atoms with Crippen molar-refractivity contribution in [3.63, 3.8) is 0 Å². The molecule has 17 heavy (non-hydrogen) atoms. The van der Waals surface area contributed by atoms with Crippen LogP contribution in [0.25, 0.3) is 0 Å². The average Bonchev–Trinajstić information content (AvgIpc) is 2.25. The molecule has 1 aromatic carbocycles. The number of nitrogens with zero attached hydrogens (tertiary/aromatic N) is 1. The third-order valence-electron chi connectivity index (χ3n) is 2.36. The summed E-state index contributed by atoms with van der Waals surface area (Å²) in [6.45, 7) is 2.07. The minimum Gasteiger partial charge on any atom is -0.399 e. The first-order chi connectivity index (χ1) is 7.95. The van der Waals surface area contributed by atoms with Crippen molar-refractivity contribution in [2.24, 2.45) is 5.73 Å². The number of carbonyl (C=O) groups is 1. The molecule has 1 aromatic rings. The average molecular weight is 243 g/mol. The van der Waals surface area contributed by atoms with Crippen molar-refractivity contribution in [1.82, 2.24) is 0 Å². The number of primary amides is 1. The van der Waals surface area contributed by atoms with Crippen LogP contribution in [-0.2, 0) is 4.79 Å². The van der Waals surface area contributed by atoms with Crippen LogP contribution < -0.4 is 16.4 Å². The lowest BCUT2D eigenvalue weighted by molar-refractivity contribution is -0.116. The predicted octanol–water partition coefficient (Wildman–Crippen LogP) is 1.52. The Balaban J connectivity index is 3.13. The first-order valence-electron chi connectivity index (χ1n) is 5.16. The number of alkyl halides is 2. The predicted molar refractivity (Wildman–Crippen MR) is 62.9 cm³/mol. The standard InChI is InChI=1S/C11H15F2N3O/c1-2-16(6-10(15)17)9-4-3-7(14)5-8(9)11(12)13/h3-5,11H,2,6,14H2,1H3,(H2,15,17). The van der Waals surface area contributed by atoms with Gasteiger partial charge in [-0.1, -0.05) is 0 Å². The summed E-state index contributed by atoms with van der Waals surface area (Å²) in [6.07, 6.45) is -2.64. The van der Waals surface area contributed by atoms with Crippen LogP contribution in [0.2, 0.25) is 0 Å². The molecule has 6 heteroatoms. The summed E-state index contributed by atoms with van der Waals surface area (Å²) >= 11 is 0. The summed E-state index contributed by atoms with van der Waals surface area (Å²) in [5.74, 6) is -0.566. The van der Waals surface area contributed by atoms with Gasteiger partial charge in [-0.05, 0) is 25.1 Å². The van der Waals surface area contributed by atoms with E-state index in [9.17, 15) is 13.6 Å². The molecule has 0 unspecified atom stereocenters. The number of anilines is 2. The molecule has 4 nitrogen and oxygen atoms in total. The number of rotatable bonds is 5. The fourth-order valence-corrected chi connectivity index (χ4v) is 1.59. The maximum atomic E-state index is 12.8. The number of halogens is 2. The van der Waals surface area contributed by atoms with Gasteiger partial charge in [0.25, 0.3) is 6.43 Å². The fraction of sp³-hybridized carbons (Fsp3) is 0.364. The van der Waals surface area contributed by atoms with Gasteiger partial charge in [-0.2, -0.15) is 0 Å². The Morgan fingerprint density at radius 1 is 1.47 bits per heavy atom. The number of nitrogen functional groups attached to an aromatic ring is 1.